The zero-order valence-corrected chi connectivity index (χ0v) is 13.3. The van der Waals surface area contributed by atoms with Crippen molar-refractivity contribution < 1.29 is 4.79 Å². The van der Waals surface area contributed by atoms with Gasteiger partial charge < -0.3 is 10.2 Å². The van der Waals surface area contributed by atoms with E-state index >= 15 is 0 Å². The quantitative estimate of drug-likeness (QED) is 0.741. The molecule has 1 fully saturated rings. The molecule has 2 rings (SSSR count). The monoisotopic (exact) mass is 366 g/mol. The molecule has 112 valence electrons. The van der Waals surface area contributed by atoms with Crippen molar-refractivity contribution in [3.63, 3.8) is 0 Å². The summed E-state index contributed by atoms with van der Waals surface area (Å²) in [4.78, 5) is 38.9. The van der Waals surface area contributed by atoms with Gasteiger partial charge in [0, 0.05) is 31.9 Å². The van der Waals surface area contributed by atoms with Gasteiger partial charge in [0.25, 0.3) is 5.56 Å². The average Bonchev–Trinajstić information content (AvgIpc) is 2.36. The Morgan fingerprint density at radius 3 is 2.85 bits per heavy atom. The highest BCUT2D eigenvalue weighted by atomic mass is 79.9. The Labute approximate surface area is 129 Å². The minimum absolute atomic E-state index is 0. The Balaban J connectivity index is 0.00000200. The summed E-state index contributed by atoms with van der Waals surface area (Å²) in [5.41, 5.74) is -1.08. The highest BCUT2D eigenvalue weighted by Gasteiger charge is 2.23. The predicted molar refractivity (Wildman–Crippen MR) is 80.3 cm³/mol. The van der Waals surface area contributed by atoms with Crippen LogP contribution in [-0.2, 0) is 11.3 Å². The van der Waals surface area contributed by atoms with Crippen LogP contribution in [-0.4, -0.2) is 46.0 Å². The molecule has 1 aliphatic heterocycles. The van der Waals surface area contributed by atoms with Crippen LogP contribution in [0.1, 0.15) is 6.92 Å². The summed E-state index contributed by atoms with van der Waals surface area (Å²) in [7, 11) is 0. The molecule has 2 N–H and O–H groups in total. The lowest BCUT2D eigenvalue weighted by molar-refractivity contribution is -0.134. The molecule has 0 saturated carbocycles. The summed E-state index contributed by atoms with van der Waals surface area (Å²) < 4.78 is 1.43. The van der Waals surface area contributed by atoms with Crippen molar-refractivity contribution in [1.82, 2.24) is 19.8 Å². The van der Waals surface area contributed by atoms with E-state index in [-0.39, 0.29) is 35.4 Å². The molecular formula is C11H16BrClN4O3. The maximum absolute atomic E-state index is 12.2. The van der Waals surface area contributed by atoms with Gasteiger partial charge in [0.1, 0.15) is 6.54 Å². The van der Waals surface area contributed by atoms with Crippen LogP contribution in [0.4, 0.5) is 0 Å². The highest BCUT2D eigenvalue weighted by Crippen LogP contribution is 2.04. The molecule has 0 aliphatic carbocycles. The lowest BCUT2D eigenvalue weighted by Crippen LogP contribution is -2.53. The van der Waals surface area contributed by atoms with Crippen LogP contribution in [0.25, 0.3) is 0 Å². The number of aromatic amines is 1. The first-order valence-corrected chi connectivity index (χ1v) is 6.78. The van der Waals surface area contributed by atoms with Gasteiger partial charge in [-0.1, -0.05) is 0 Å². The molecule has 1 aliphatic rings. The van der Waals surface area contributed by atoms with E-state index in [4.69, 9.17) is 0 Å². The van der Waals surface area contributed by atoms with Crippen LogP contribution < -0.4 is 16.6 Å². The lowest BCUT2D eigenvalue weighted by Gasteiger charge is -2.34. The van der Waals surface area contributed by atoms with Gasteiger partial charge in [-0.15, -0.1) is 12.4 Å². The average molecular weight is 368 g/mol. The van der Waals surface area contributed by atoms with Crippen molar-refractivity contribution in [3.8, 4) is 0 Å². The summed E-state index contributed by atoms with van der Waals surface area (Å²) in [6.45, 7) is 4.00. The number of carbonyl (C=O) groups is 1. The molecule has 0 spiro atoms. The summed E-state index contributed by atoms with van der Waals surface area (Å²) in [6.07, 6.45) is 1.34. The number of piperazine rings is 1. The first-order chi connectivity index (χ1) is 8.99. The third-order valence-corrected chi connectivity index (χ3v) is 3.66. The normalized spacial score (nSPS) is 18.5. The van der Waals surface area contributed by atoms with Gasteiger partial charge in [-0.05, 0) is 22.9 Å². The van der Waals surface area contributed by atoms with E-state index in [9.17, 15) is 14.4 Å². The van der Waals surface area contributed by atoms with Crippen molar-refractivity contribution in [2.75, 3.05) is 19.6 Å². The summed E-state index contributed by atoms with van der Waals surface area (Å²) in [5.74, 6) is -0.130. The molecule has 1 aromatic rings. The first-order valence-electron chi connectivity index (χ1n) is 5.98. The van der Waals surface area contributed by atoms with E-state index < -0.39 is 11.2 Å². The number of H-pyrrole nitrogens is 1. The molecule has 7 nitrogen and oxygen atoms in total. The van der Waals surface area contributed by atoms with Crippen LogP contribution in [0.3, 0.4) is 0 Å². The van der Waals surface area contributed by atoms with Crippen LogP contribution in [0.2, 0.25) is 0 Å². The second-order valence-electron chi connectivity index (χ2n) is 4.50. The van der Waals surface area contributed by atoms with Crippen molar-refractivity contribution in [2.24, 2.45) is 0 Å². The van der Waals surface area contributed by atoms with Crippen LogP contribution >= 0.6 is 28.3 Å². The number of carbonyl (C=O) groups excluding carboxylic acids is 1. The molecule has 0 bridgehead atoms. The Bertz CT molecular complexity index is 600. The third kappa shape index (κ3) is 3.71. The van der Waals surface area contributed by atoms with E-state index in [0.29, 0.717) is 6.54 Å². The Morgan fingerprint density at radius 2 is 2.20 bits per heavy atom. The second kappa shape index (κ2) is 7.05. The van der Waals surface area contributed by atoms with Crippen molar-refractivity contribution >= 4 is 34.2 Å². The Hall–Kier alpha value is -1.12. The molecule has 0 aromatic carbocycles. The number of amides is 1. The van der Waals surface area contributed by atoms with Gasteiger partial charge in [0.05, 0.1) is 4.47 Å². The standard InChI is InChI=1S/C11H15BrN4O3.ClH/c1-7-4-13-2-3-16(7)9(17)6-15-5-8(12)10(18)14-11(15)19;/h5,7,13H,2-4,6H2,1H3,(H,14,18,19);1H. The molecule has 1 saturated heterocycles. The highest BCUT2D eigenvalue weighted by molar-refractivity contribution is 9.10. The molecule has 20 heavy (non-hydrogen) atoms. The number of nitrogens with zero attached hydrogens (tertiary/aromatic N) is 2. The van der Waals surface area contributed by atoms with Gasteiger partial charge in [-0.3, -0.25) is 19.1 Å². The number of halogens is 2. The molecule has 9 heteroatoms. The van der Waals surface area contributed by atoms with Crippen LogP contribution in [0, 0.1) is 0 Å². The molecule has 1 amide bonds. The lowest BCUT2D eigenvalue weighted by atomic mass is 10.2. The van der Waals surface area contributed by atoms with Crippen LogP contribution in [0.15, 0.2) is 20.3 Å². The molecule has 1 aromatic heterocycles. The minimum Gasteiger partial charge on any atom is -0.336 e. The number of aromatic nitrogens is 2. The molecule has 1 unspecified atom stereocenters. The fourth-order valence-corrected chi connectivity index (χ4v) is 2.39. The van der Waals surface area contributed by atoms with Crippen molar-refractivity contribution in [3.05, 3.63) is 31.5 Å². The number of hydrogen-bond acceptors (Lipinski definition) is 4. The fourth-order valence-electron chi connectivity index (χ4n) is 2.05. The van der Waals surface area contributed by atoms with Gasteiger partial charge in [-0.25, -0.2) is 4.79 Å². The van der Waals surface area contributed by atoms with E-state index in [1.807, 2.05) is 6.92 Å². The summed E-state index contributed by atoms with van der Waals surface area (Å²) >= 11 is 3.04. The first kappa shape index (κ1) is 16.9. The fraction of sp³-hybridized carbons (Fsp3) is 0.545. The second-order valence-corrected chi connectivity index (χ2v) is 5.36. The molecular weight excluding hydrogens is 352 g/mol. The van der Waals surface area contributed by atoms with Gasteiger partial charge in [0.15, 0.2) is 0 Å². The number of hydrogen-bond donors (Lipinski definition) is 2. The Kier molecular flexibility index (Phi) is 5.97. The number of rotatable bonds is 2. The maximum atomic E-state index is 12.2. The van der Waals surface area contributed by atoms with Gasteiger partial charge in [-0.2, -0.15) is 0 Å². The van der Waals surface area contributed by atoms with Gasteiger partial charge in [0.2, 0.25) is 5.91 Å². The maximum Gasteiger partial charge on any atom is 0.328 e. The summed E-state index contributed by atoms with van der Waals surface area (Å²) in [5, 5.41) is 3.19. The predicted octanol–water partition coefficient (Wildman–Crippen LogP) is -0.459. The van der Waals surface area contributed by atoms with E-state index in [0.717, 1.165) is 13.1 Å². The van der Waals surface area contributed by atoms with Crippen LogP contribution in [0.5, 0.6) is 0 Å². The number of nitrogens with one attached hydrogen (secondary N) is 2. The Morgan fingerprint density at radius 1 is 1.50 bits per heavy atom. The molecule has 1 atom stereocenters. The van der Waals surface area contributed by atoms with E-state index in [1.54, 1.807) is 4.90 Å². The zero-order valence-electron chi connectivity index (χ0n) is 10.9. The van der Waals surface area contributed by atoms with E-state index in [2.05, 4.69) is 26.2 Å². The zero-order chi connectivity index (χ0) is 14.0. The molecule has 2 heterocycles. The SMILES string of the molecule is CC1CNCCN1C(=O)Cn1cc(Br)c(=O)[nH]c1=O.Cl. The van der Waals surface area contributed by atoms with Crippen molar-refractivity contribution in [1.29, 1.82) is 0 Å². The smallest absolute Gasteiger partial charge is 0.328 e. The molecule has 0 radical (unpaired) electrons. The van der Waals surface area contributed by atoms with Crippen molar-refractivity contribution in [2.45, 2.75) is 19.5 Å². The minimum atomic E-state index is -0.579. The van der Waals surface area contributed by atoms with E-state index in [1.165, 1.54) is 10.8 Å². The topological polar surface area (TPSA) is 87.2 Å². The largest absolute Gasteiger partial charge is 0.336 e. The third-order valence-electron chi connectivity index (χ3n) is 3.09. The summed E-state index contributed by atoms with van der Waals surface area (Å²) in [6, 6.07) is 0.100. The van der Waals surface area contributed by atoms with Gasteiger partial charge >= 0.3 is 5.69 Å².